The molecule has 1 aromatic carbocycles. The van der Waals surface area contributed by atoms with Crippen molar-refractivity contribution in [2.24, 2.45) is 23.7 Å². The number of hydrogen-bond donors (Lipinski definition) is 0. The van der Waals surface area contributed by atoms with Crippen molar-refractivity contribution < 1.29 is 18.3 Å². The highest BCUT2D eigenvalue weighted by Gasteiger charge is 2.28. The fourth-order valence-electron chi connectivity index (χ4n) is 4.79. The summed E-state index contributed by atoms with van der Waals surface area (Å²) in [6.45, 7) is 4.76. The molecule has 2 aliphatic rings. The van der Waals surface area contributed by atoms with E-state index in [9.17, 15) is 8.78 Å². The molecule has 0 radical (unpaired) electrons. The summed E-state index contributed by atoms with van der Waals surface area (Å²) in [6.07, 6.45) is 14.8. The number of hydrogen-bond acceptors (Lipinski definition) is 2. The molecule has 0 unspecified atom stereocenters. The molecule has 2 atom stereocenters. The summed E-state index contributed by atoms with van der Waals surface area (Å²) >= 11 is 0. The molecule has 0 heterocycles. The lowest BCUT2D eigenvalue weighted by atomic mass is 9.72. The monoisotopic (exact) mass is 392 g/mol. The third kappa shape index (κ3) is 5.27. The average Bonchev–Trinajstić information content (AvgIpc) is 2.72. The molecule has 3 rings (SSSR count). The zero-order valence-corrected chi connectivity index (χ0v) is 17.3. The highest BCUT2D eigenvalue weighted by Crippen LogP contribution is 2.39. The van der Waals surface area contributed by atoms with Gasteiger partial charge in [0.05, 0.1) is 13.2 Å². The second-order valence-corrected chi connectivity index (χ2v) is 8.39. The van der Waals surface area contributed by atoms with Gasteiger partial charge in [-0.1, -0.05) is 25.5 Å². The number of halogens is 2. The van der Waals surface area contributed by atoms with E-state index in [0.717, 1.165) is 30.6 Å². The number of ether oxygens (including phenoxy) is 2. The fraction of sp³-hybridized carbons (Fsp3) is 0.667. The van der Waals surface area contributed by atoms with Gasteiger partial charge in [-0.3, -0.25) is 0 Å². The van der Waals surface area contributed by atoms with Crippen molar-refractivity contribution in [1.82, 2.24) is 0 Å². The highest BCUT2D eigenvalue weighted by molar-refractivity contribution is 5.35. The van der Waals surface area contributed by atoms with Crippen LogP contribution in [0.15, 0.2) is 24.3 Å². The van der Waals surface area contributed by atoms with Gasteiger partial charge in [0.15, 0.2) is 11.5 Å². The van der Waals surface area contributed by atoms with E-state index in [2.05, 4.69) is 19.1 Å². The van der Waals surface area contributed by atoms with Gasteiger partial charge >= 0.3 is 0 Å². The van der Waals surface area contributed by atoms with Crippen molar-refractivity contribution in [2.75, 3.05) is 13.2 Å². The maximum atomic E-state index is 14.1. The molecule has 2 aliphatic carbocycles. The van der Waals surface area contributed by atoms with Crippen LogP contribution in [0.2, 0.25) is 0 Å². The Hall–Kier alpha value is -1.58. The molecule has 0 saturated heterocycles. The van der Waals surface area contributed by atoms with Gasteiger partial charge in [0.25, 0.3) is 0 Å². The van der Waals surface area contributed by atoms with Crippen molar-refractivity contribution in [1.29, 1.82) is 0 Å². The first kappa shape index (κ1) is 21.1. The van der Waals surface area contributed by atoms with Crippen molar-refractivity contribution >= 4 is 0 Å². The molecule has 0 aliphatic heterocycles. The summed E-state index contributed by atoms with van der Waals surface area (Å²) in [4.78, 5) is 0. The first-order chi connectivity index (χ1) is 13.6. The molecule has 0 N–H and O–H groups in total. The van der Waals surface area contributed by atoms with Crippen molar-refractivity contribution in [3.8, 4) is 11.5 Å². The molecule has 156 valence electrons. The SMILES string of the molecule is CCC[C@H]1C=C[C@H](C2CCC(COc3ccc(OCC)c(F)c3F)CC2)CC1. The summed E-state index contributed by atoms with van der Waals surface area (Å²) in [6, 6.07) is 2.91. The lowest BCUT2D eigenvalue weighted by Gasteiger charge is -2.35. The van der Waals surface area contributed by atoms with Crippen molar-refractivity contribution in [2.45, 2.75) is 65.2 Å². The van der Waals surface area contributed by atoms with Gasteiger partial charge < -0.3 is 9.47 Å². The molecule has 4 heteroatoms. The molecular weight excluding hydrogens is 358 g/mol. The predicted octanol–water partition coefficient (Wildman–Crippen LogP) is 6.93. The second kappa shape index (κ2) is 10.3. The smallest absolute Gasteiger partial charge is 0.204 e. The Kier molecular flexibility index (Phi) is 7.75. The maximum absolute atomic E-state index is 14.1. The minimum atomic E-state index is -0.964. The predicted molar refractivity (Wildman–Crippen MR) is 109 cm³/mol. The van der Waals surface area contributed by atoms with E-state index in [1.807, 2.05) is 0 Å². The Labute approximate surface area is 168 Å². The van der Waals surface area contributed by atoms with Crippen molar-refractivity contribution in [3.63, 3.8) is 0 Å². The van der Waals surface area contributed by atoms with Gasteiger partial charge in [-0.05, 0) is 87.7 Å². The maximum Gasteiger partial charge on any atom is 0.204 e. The van der Waals surface area contributed by atoms with E-state index in [0.29, 0.717) is 19.1 Å². The van der Waals surface area contributed by atoms with E-state index in [1.165, 1.54) is 50.7 Å². The normalized spacial score (nSPS) is 27.6. The lowest BCUT2D eigenvalue weighted by molar-refractivity contribution is 0.154. The Morgan fingerprint density at radius 2 is 1.54 bits per heavy atom. The largest absolute Gasteiger partial charge is 0.491 e. The number of allylic oxidation sites excluding steroid dienone is 2. The minimum absolute atomic E-state index is 0.0137. The summed E-state index contributed by atoms with van der Waals surface area (Å²) in [5.41, 5.74) is 0. The Bertz CT molecular complexity index is 650. The van der Waals surface area contributed by atoms with Gasteiger partial charge in [0.2, 0.25) is 11.6 Å². The number of benzene rings is 1. The molecular formula is C24H34F2O2. The highest BCUT2D eigenvalue weighted by atomic mass is 19.2. The van der Waals surface area contributed by atoms with Crippen LogP contribution in [0.4, 0.5) is 8.78 Å². The van der Waals surface area contributed by atoms with Crippen LogP contribution in [0.25, 0.3) is 0 Å². The van der Waals surface area contributed by atoms with Crippen LogP contribution in [0, 0.1) is 35.3 Å². The van der Waals surface area contributed by atoms with E-state index in [4.69, 9.17) is 9.47 Å². The van der Waals surface area contributed by atoms with Crippen LogP contribution >= 0.6 is 0 Å². The first-order valence-electron chi connectivity index (χ1n) is 11.0. The third-order valence-electron chi connectivity index (χ3n) is 6.44. The topological polar surface area (TPSA) is 18.5 Å². The van der Waals surface area contributed by atoms with Gasteiger partial charge in [-0.25, -0.2) is 0 Å². The van der Waals surface area contributed by atoms with Crippen LogP contribution in [0.5, 0.6) is 11.5 Å². The Morgan fingerprint density at radius 3 is 2.11 bits per heavy atom. The quantitative estimate of drug-likeness (QED) is 0.447. The van der Waals surface area contributed by atoms with Gasteiger partial charge in [-0.2, -0.15) is 8.78 Å². The van der Waals surface area contributed by atoms with Crippen LogP contribution in [0.3, 0.4) is 0 Å². The molecule has 0 aromatic heterocycles. The minimum Gasteiger partial charge on any atom is -0.491 e. The zero-order chi connectivity index (χ0) is 19.9. The summed E-state index contributed by atoms with van der Waals surface area (Å²) in [5, 5.41) is 0. The fourth-order valence-corrected chi connectivity index (χ4v) is 4.79. The molecule has 0 bridgehead atoms. The number of rotatable bonds is 8. The Balaban J connectivity index is 1.45. The van der Waals surface area contributed by atoms with Crippen LogP contribution < -0.4 is 9.47 Å². The van der Waals surface area contributed by atoms with Gasteiger partial charge in [-0.15, -0.1) is 0 Å². The molecule has 2 nitrogen and oxygen atoms in total. The Morgan fingerprint density at radius 1 is 0.857 bits per heavy atom. The molecule has 1 saturated carbocycles. The van der Waals surface area contributed by atoms with E-state index >= 15 is 0 Å². The van der Waals surface area contributed by atoms with Crippen LogP contribution in [0.1, 0.15) is 65.2 Å². The molecule has 0 spiro atoms. The molecule has 0 amide bonds. The molecule has 1 aromatic rings. The second-order valence-electron chi connectivity index (χ2n) is 8.39. The van der Waals surface area contributed by atoms with E-state index in [1.54, 1.807) is 6.92 Å². The summed E-state index contributed by atoms with van der Waals surface area (Å²) < 4.78 is 38.8. The zero-order valence-electron chi connectivity index (χ0n) is 17.3. The van der Waals surface area contributed by atoms with Crippen LogP contribution in [-0.2, 0) is 0 Å². The summed E-state index contributed by atoms with van der Waals surface area (Å²) in [5.74, 6) is 0.723. The third-order valence-corrected chi connectivity index (χ3v) is 6.44. The standard InChI is InChI=1S/C24H34F2O2/c1-3-5-17-6-10-19(11-7-17)20-12-8-18(9-13-20)16-28-22-15-14-21(27-4-2)23(25)24(22)26/h6,10,14-15,17-20H,3-5,7-9,11-13,16H2,1-2H3/t17-,18?,19-,20?/m0/s1. The first-order valence-corrected chi connectivity index (χ1v) is 11.0. The lowest BCUT2D eigenvalue weighted by Crippen LogP contribution is -2.25. The summed E-state index contributed by atoms with van der Waals surface area (Å²) in [7, 11) is 0. The van der Waals surface area contributed by atoms with E-state index in [-0.39, 0.29) is 11.5 Å². The van der Waals surface area contributed by atoms with Crippen molar-refractivity contribution in [3.05, 3.63) is 35.9 Å². The van der Waals surface area contributed by atoms with Gasteiger partial charge in [0.1, 0.15) is 0 Å². The van der Waals surface area contributed by atoms with Gasteiger partial charge in [0, 0.05) is 0 Å². The van der Waals surface area contributed by atoms with Crippen LogP contribution in [-0.4, -0.2) is 13.2 Å². The molecule has 1 fully saturated rings. The molecule has 28 heavy (non-hydrogen) atoms. The van der Waals surface area contributed by atoms with E-state index < -0.39 is 11.6 Å². The average molecular weight is 393 g/mol.